The Morgan fingerprint density at radius 3 is 2.76 bits per heavy atom. The van der Waals surface area contributed by atoms with E-state index in [1.165, 1.54) is 0 Å². The van der Waals surface area contributed by atoms with Gasteiger partial charge in [-0.1, -0.05) is 24.3 Å². The van der Waals surface area contributed by atoms with Crippen molar-refractivity contribution in [3.63, 3.8) is 0 Å². The van der Waals surface area contributed by atoms with Crippen LogP contribution in [0.4, 0.5) is 0 Å². The monoisotopic (exact) mass is 392 g/mol. The van der Waals surface area contributed by atoms with Crippen molar-refractivity contribution in [1.82, 2.24) is 9.88 Å². The van der Waals surface area contributed by atoms with Gasteiger partial charge in [-0.15, -0.1) is 0 Å². The Balaban J connectivity index is 1.46. The zero-order valence-corrected chi connectivity index (χ0v) is 15.7. The lowest BCUT2D eigenvalue weighted by Crippen LogP contribution is -2.37. The average molecular weight is 392 g/mol. The minimum atomic E-state index is -0.434. The SMILES string of the molecule is O=C(c1cccc2cccnc12)N(Cc1ccc2c(c1)OCO2)CC1OCCO1. The largest absolute Gasteiger partial charge is 0.454 e. The molecule has 1 saturated heterocycles. The van der Waals surface area contributed by atoms with Gasteiger partial charge >= 0.3 is 0 Å². The van der Waals surface area contributed by atoms with Gasteiger partial charge in [0.05, 0.1) is 30.8 Å². The molecule has 0 radical (unpaired) electrons. The summed E-state index contributed by atoms with van der Waals surface area (Å²) >= 11 is 0. The molecule has 0 saturated carbocycles. The zero-order valence-electron chi connectivity index (χ0n) is 15.7. The number of benzene rings is 2. The predicted octanol–water partition coefficient (Wildman–Crippen LogP) is 2.98. The highest BCUT2D eigenvalue weighted by atomic mass is 16.7. The zero-order chi connectivity index (χ0) is 19.6. The first-order chi connectivity index (χ1) is 14.3. The number of aromatic nitrogens is 1. The van der Waals surface area contributed by atoms with Gasteiger partial charge in [0.25, 0.3) is 5.91 Å². The topological polar surface area (TPSA) is 70.1 Å². The highest BCUT2D eigenvalue weighted by molar-refractivity contribution is 6.05. The van der Waals surface area contributed by atoms with Gasteiger partial charge in [0.2, 0.25) is 6.79 Å². The van der Waals surface area contributed by atoms with Crippen LogP contribution in [-0.4, -0.2) is 48.6 Å². The summed E-state index contributed by atoms with van der Waals surface area (Å²) in [5, 5.41) is 0.926. The molecule has 7 heteroatoms. The first-order valence-corrected chi connectivity index (χ1v) is 9.53. The summed E-state index contributed by atoms with van der Waals surface area (Å²) < 4.78 is 22.0. The van der Waals surface area contributed by atoms with Gasteiger partial charge in [-0.3, -0.25) is 9.78 Å². The second-order valence-electron chi connectivity index (χ2n) is 6.93. The molecule has 0 bridgehead atoms. The van der Waals surface area contributed by atoms with E-state index < -0.39 is 6.29 Å². The Morgan fingerprint density at radius 2 is 1.86 bits per heavy atom. The van der Waals surface area contributed by atoms with Crippen LogP contribution in [-0.2, 0) is 16.0 Å². The third-order valence-corrected chi connectivity index (χ3v) is 5.02. The summed E-state index contributed by atoms with van der Waals surface area (Å²) in [6.07, 6.45) is 1.26. The van der Waals surface area contributed by atoms with Crippen LogP contribution in [0.25, 0.3) is 10.9 Å². The maximum Gasteiger partial charge on any atom is 0.256 e. The minimum Gasteiger partial charge on any atom is -0.454 e. The maximum absolute atomic E-state index is 13.5. The van der Waals surface area contributed by atoms with Crippen molar-refractivity contribution in [2.24, 2.45) is 0 Å². The molecular formula is C22H20N2O5. The molecule has 0 N–H and O–H groups in total. The molecule has 1 amide bonds. The number of carbonyl (C=O) groups excluding carboxylic acids is 1. The molecule has 3 aromatic rings. The van der Waals surface area contributed by atoms with Gasteiger partial charge in [0.1, 0.15) is 0 Å². The van der Waals surface area contributed by atoms with Gasteiger partial charge in [-0.2, -0.15) is 0 Å². The molecule has 2 aromatic carbocycles. The van der Waals surface area contributed by atoms with E-state index in [1.54, 1.807) is 17.2 Å². The van der Waals surface area contributed by atoms with Gasteiger partial charge in [0, 0.05) is 18.1 Å². The highest BCUT2D eigenvalue weighted by Crippen LogP contribution is 2.33. The molecule has 0 atom stereocenters. The standard InChI is InChI=1S/C22H20N2O5/c25-22(17-5-1-3-16-4-2-8-23-21(16)17)24(13-20-26-9-10-27-20)12-15-6-7-18-19(11-15)29-14-28-18/h1-8,11,20H,9-10,12-14H2. The Hall–Kier alpha value is -3.16. The summed E-state index contributed by atoms with van der Waals surface area (Å²) in [5.41, 5.74) is 2.18. The molecule has 0 unspecified atom stereocenters. The minimum absolute atomic E-state index is 0.119. The van der Waals surface area contributed by atoms with Crippen LogP contribution in [0.3, 0.4) is 0 Å². The molecule has 1 fully saturated rings. The van der Waals surface area contributed by atoms with Crippen molar-refractivity contribution in [1.29, 1.82) is 0 Å². The quantitative estimate of drug-likeness (QED) is 0.665. The number of para-hydroxylation sites is 1. The fourth-order valence-corrected chi connectivity index (χ4v) is 3.62. The van der Waals surface area contributed by atoms with Gasteiger partial charge in [-0.25, -0.2) is 0 Å². The predicted molar refractivity (Wildman–Crippen MR) is 105 cm³/mol. The summed E-state index contributed by atoms with van der Waals surface area (Å²) in [6, 6.07) is 15.1. The number of fused-ring (bicyclic) bond motifs is 2. The van der Waals surface area contributed by atoms with E-state index in [4.69, 9.17) is 18.9 Å². The molecule has 7 nitrogen and oxygen atoms in total. The van der Waals surface area contributed by atoms with E-state index in [1.807, 2.05) is 42.5 Å². The van der Waals surface area contributed by atoms with Crippen molar-refractivity contribution < 1.29 is 23.7 Å². The Kier molecular flexibility index (Phi) is 4.75. The van der Waals surface area contributed by atoms with Crippen molar-refractivity contribution in [2.45, 2.75) is 12.8 Å². The first-order valence-electron chi connectivity index (χ1n) is 9.53. The fraction of sp³-hybridized carbons (Fsp3) is 0.273. The number of nitrogens with zero attached hydrogens (tertiary/aromatic N) is 2. The molecule has 2 aliphatic heterocycles. The normalized spacial score (nSPS) is 15.7. The second-order valence-corrected chi connectivity index (χ2v) is 6.93. The van der Waals surface area contributed by atoms with Gasteiger partial charge < -0.3 is 23.8 Å². The number of carbonyl (C=O) groups is 1. The van der Waals surface area contributed by atoms with Crippen LogP contribution in [0.2, 0.25) is 0 Å². The summed E-state index contributed by atoms with van der Waals surface area (Å²) in [4.78, 5) is 19.7. The number of hydrogen-bond acceptors (Lipinski definition) is 6. The first kappa shape index (κ1) is 17.9. The third-order valence-electron chi connectivity index (χ3n) is 5.02. The van der Waals surface area contributed by atoms with Crippen LogP contribution >= 0.6 is 0 Å². The number of amides is 1. The average Bonchev–Trinajstić information content (AvgIpc) is 3.44. The summed E-state index contributed by atoms with van der Waals surface area (Å²) in [7, 11) is 0. The number of rotatable bonds is 5. The molecule has 5 rings (SSSR count). The van der Waals surface area contributed by atoms with Crippen LogP contribution in [0.1, 0.15) is 15.9 Å². The molecule has 1 aromatic heterocycles. The Labute approximate surface area is 167 Å². The van der Waals surface area contributed by atoms with Crippen molar-refractivity contribution >= 4 is 16.8 Å². The lowest BCUT2D eigenvalue weighted by Gasteiger charge is -2.25. The number of ether oxygens (including phenoxy) is 4. The van der Waals surface area contributed by atoms with E-state index in [0.29, 0.717) is 48.9 Å². The molecular weight excluding hydrogens is 372 g/mol. The summed E-state index contributed by atoms with van der Waals surface area (Å²) in [6.45, 7) is 2.00. The van der Waals surface area contributed by atoms with Crippen LogP contribution in [0, 0.1) is 0 Å². The van der Waals surface area contributed by atoms with Crippen molar-refractivity contribution in [3.05, 3.63) is 65.9 Å². The van der Waals surface area contributed by atoms with E-state index in [9.17, 15) is 4.79 Å². The van der Waals surface area contributed by atoms with Crippen molar-refractivity contribution in [2.75, 3.05) is 26.6 Å². The summed E-state index contributed by atoms with van der Waals surface area (Å²) in [5.74, 6) is 1.29. The van der Waals surface area contributed by atoms with Crippen LogP contribution in [0.15, 0.2) is 54.7 Å². The van der Waals surface area contributed by atoms with E-state index >= 15 is 0 Å². The Morgan fingerprint density at radius 1 is 1.03 bits per heavy atom. The lowest BCUT2D eigenvalue weighted by molar-refractivity contribution is -0.0584. The van der Waals surface area contributed by atoms with E-state index in [0.717, 1.165) is 10.9 Å². The smallest absolute Gasteiger partial charge is 0.256 e. The number of hydrogen-bond donors (Lipinski definition) is 0. The molecule has 0 aliphatic carbocycles. The van der Waals surface area contributed by atoms with Crippen LogP contribution in [0.5, 0.6) is 11.5 Å². The van der Waals surface area contributed by atoms with Gasteiger partial charge in [0.15, 0.2) is 17.8 Å². The van der Waals surface area contributed by atoms with Gasteiger partial charge in [-0.05, 0) is 29.8 Å². The third kappa shape index (κ3) is 3.62. The van der Waals surface area contributed by atoms with E-state index in [2.05, 4.69) is 4.98 Å². The van der Waals surface area contributed by atoms with Crippen LogP contribution < -0.4 is 9.47 Å². The Bertz CT molecular complexity index is 1040. The maximum atomic E-state index is 13.5. The highest BCUT2D eigenvalue weighted by Gasteiger charge is 2.26. The van der Waals surface area contributed by atoms with E-state index in [-0.39, 0.29) is 12.7 Å². The lowest BCUT2D eigenvalue weighted by atomic mass is 10.1. The molecule has 0 spiro atoms. The molecule has 2 aliphatic rings. The molecule has 3 heterocycles. The fourth-order valence-electron chi connectivity index (χ4n) is 3.62. The molecule has 29 heavy (non-hydrogen) atoms. The number of pyridine rings is 1. The van der Waals surface area contributed by atoms with Crippen molar-refractivity contribution in [3.8, 4) is 11.5 Å². The molecule has 148 valence electrons. The second kappa shape index (κ2) is 7.69.